The van der Waals surface area contributed by atoms with Gasteiger partial charge in [-0.3, -0.25) is 9.78 Å². The van der Waals surface area contributed by atoms with E-state index >= 15 is 0 Å². The molecule has 1 saturated heterocycles. The Bertz CT molecular complexity index is 1180. The third-order valence-electron chi connectivity index (χ3n) is 6.69. The highest BCUT2D eigenvalue weighted by molar-refractivity contribution is 6.04. The van der Waals surface area contributed by atoms with Gasteiger partial charge in [-0.05, 0) is 50.1 Å². The Kier molecular flexibility index (Phi) is 5.49. The molecule has 1 N–H and O–H groups in total. The van der Waals surface area contributed by atoms with Gasteiger partial charge in [0.2, 0.25) is 0 Å². The number of amides is 1. The van der Waals surface area contributed by atoms with E-state index in [0.717, 1.165) is 11.4 Å². The average molecular weight is 443 g/mol. The smallest absolute Gasteiger partial charge is 0.257 e. The molecule has 3 aromatic rings. The van der Waals surface area contributed by atoms with Crippen molar-refractivity contribution < 1.29 is 14.3 Å². The normalized spacial score (nSPS) is 18.7. The number of carbonyl (C=O) groups excluding carboxylic acids is 1. The van der Waals surface area contributed by atoms with Gasteiger partial charge in [-0.25, -0.2) is 0 Å². The first-order valence-electron chi connectivity index (χ1n) is 11.2. The van der Waals surface area contributed by atoms with Crippen LogP contribution in [0.4, 0.5) is 5.69 Å². The maximum Gasteiger partial charge on any atom is 0.257 e. The van der Waals surface area contributed by atoms with E-state index in [2.05, 4.69) is 16.4 Å². The summed E-state index contributed by atoms with van der Waals surface area (Å²) in [6.07, 6.45) is 7.92. The second-order valence-corrected chi connectivity index (χ2v) is 8.83. The third-order valence-corrected chi connectivity index (χ3v) is 6.69. The molecule has 0 radical (unpaired) electrons. The van der Waals surface area contributed by atoms with E-state index in [4.69, 9.17) is 9.47 Å². The van der Waals surface area contributed by atoms with E-state index in [0.29, 0.717) is 50.1 Å². The molecule has 7 heteroatoms. The van der Waals surface area contributed by atoms with Crippen molar-refractivity contribution in [3.05, 3.63) is 77.9 Å². The van der Waals surface area contributed by atoms with Crippen LogP contribution in [0.3, 0.4) is 0 Å². The zero-order chi connectivity index (χ0) is 22.9. The molecular formula is C26H26N4O3. The van der Waals surface area contributed by atoms with E-state index in [1.54, 1.807) is 18.5 Å². The molecule has 1 aliphatic heterocycles. The van der Waals surface area contributed by atoms with Crippen molar-refractivity contribution >= 4 is 11.6 Å². The minimum atomic E-state index is -0.658. The second kappa shape index (κ2) is 8.47. The van der Waals surface area contributed by atoms with Gasteiger partial charge >= 0.3 is 0 Å². The number of aryl methyl sites for hydroxylation is 1. The molecule has 0 bridgehead atoms. The summed E-state index contributed by atoms with van der Waals surface area (Å²) in [5.74, 6) is -0.732. The van der Waals surface area contributed by atoms with Crippen LogP contribution in [-0.4, -0.2) is 34.5 Å². The Hall–Kier alpha value is -3.47. The molecule has 0 unspecified atom stereocenters. The van der Waals surface area contributed by atoms with Gasteiger partial charge in [-0.2, -0.15) is 5.26 Å². The first-order valence-corrected chi connectivity index (χ1v) is 11.2. The van der Waals surface area contributed by atoms with Crippen LogP contribution in [-0.2, 0) is 14.9 Å². The maximum absolute atomic E-state index is 12.7. The third kappa shape index (κ3) is 4.15. The van der Waals surface area contributed by atoms with E-state index in [9.17, 15) is 10.1 Å². The molecule has 7 nitrogen and oxygen atoms in total. The number of hydrogen-bond donors (Lipinski definition) is 1. The van der Waals surface area contributed by atoms with Crippen LogP contribution in [0.1, 0.15) is 47.3 Å². The predicted octanol–water partition coefficient (Wildman–Crippen LogP) is 4.51. The highest BCUT2D eigenvalue weighted by Crippen LogP contribution is 2.45. The van der Waals surface area contributed by atoms with Crippen LogP contribution in [0.15, 0.2) is 61.1 Å². The fourth-order valence-corrected chi connectivity index (χ4v) is 4.63. The quantitative estimate of drug-likeness (QED) is 0.642. The molecular weight excluding hydrogens is 416 g/mol. The topological polar surface area (TPSA) is 89.2 Å². The number of rotatable bonds is 4. The van der Waals surface area contributed by atoms with Crippen molar-refractivity contribution in [3.63, 3.8) is 0 Å². The van der Waals surface area contributed by atoms with Gasteiger partial charge in [-0.1, -0.05) is 17.7 Å². The molecule has 1 aliphatic carbocycles. The van der Waals surface area contributed by atoms with Crippen molar-refractivity contribution in [1.29, 1.82) is 5.26 Å². The summed E-state index contributed by atoms with van der Waals surface area (Å²) in [7, 11) is 0. The van der Waals surface area contributed by atoms with Gasteiger partial charge in [0.15, 0.2) is 5.79 Å². The maximum atomic E-state index is 12.7. The molecule has 1 amide bonds. The molecule has 1 aromatic carbocycles. The summed E-state index contributed by atoms with van der Waals surface area (Å²) >= 11 is 0. The molecule has 3 heterocycles. The highest BCUT2D eigenvalue weighted by Gasteiger charge is 2.48. The van der Waals surface area contributed by atoms with Crippen LogP contribution in [0.5, 0.6) is 0 Å². The highest BCUT2D eigenvalue weighted by atomic mass is 16.7. The van der Waals surface area contributed by atoms with Gasteiger partial charge in [0.25, 0.3) is 5.91 Å². The monoisotopic (exact) mass is 442 g/mol. The molecule has 2 aliphatic rings. The van der Waals surface area contributed by atoms with E-state index in [1.807, 2.05) is 54.1 Å². The molecule has 33 heavy (non-hydrogen) atoms. The number of nitrogens with one attached hydrogen (secondary N) is 1. The Morgan fingerprint density at radius 3 is 2.42 bits per heavy atom. The fourth-order valence-electron chi connectivity index (χ4n) is 4.63. The molecule has 1 spiro atoms. The van der Waals surface area contributed by atoms with Crippen LogP contribution in [0.2, 0.25) is 0 Å². The van der Waals surface area contributed by atoms with Gasteiger partial charge in [-0.15, -0.1) is 0 Å². The van der Waals surface area contributed by atoms with Crippen molar-refractivity contribution in [2.75, 3.05) is 18.5 Å². The van der Waals surface area contributed by atoms with Crippen molar-refractivity contribution in [2.24, 2.45) is 0 Å². The Morgan fingerprint density at radius 1 is 1.06 bits per heavy atom. The number of pyridine rings is 1. The molecule has 2 aromatic heterocycles. The van der Waals surface area contributed by atoms with Gasteiger partial charge in [0, 0.05) is 30.9 Å². The lowest BCUT2D eigenvalue weighted by atomic mass is 9.70. The largest absolute Gasteiger partial charge is 0.348 e. The van der Waals surface area contributed by atoms with Gasteiger partial charge in [0.05, 0.1) is 47.8 Å². The Morgan fingerprint density at radius 2 is 1.79 bits per heavy atom. The lowest BCUT2D eigenvalue weighted by molar-refractivity contribution is -0.182. The predicted molar refractivity (Wildman–Crippen MR) is 123 cm³/mol. The van der Waals surface area contributed by atoms with Crippen molar-refractivity contribution in [3.8, 4) is 11.8 Å². The summed E-state index contributed by atoms with van der Waals surface area (Å²) in [6.45, 7) is 3.26. The van der Waals surface area contributed by atoms with Crippen molar-refractivity contribution in [1.82, 2.24) is 9.55 Å². The summed E-state index contributed by atoms with van der Waals surface area (Å²) in [4.78, 5) is 17.3. The summed E-state index contributed by atoms with van der Waals surface area (Å²) in [5, 5.41) is 12.9. The van der Waals surface area contributed by atoms with Crippen LogP contribution in [0.25, 0.3) is 5.69 Å². The standard InChI is InChI=1S/C26H26N4O3/c1-19-2-5-22(6-3-19)30-13-8-20(17-30)24(31)29-21-4-7-23(28-16-21)25(18-27)9-11-26(12-10-25)32-14-15-33-26/h2-8,13,16-17H,9-12,14-15H2,1H3,(H,29,31). The lowest BCUT2D eigenvalue weighted by Crippen LogP contribution is -2.41. The minimum absolute atomic E-state index is 0.208. The minimum Gasteiger partial charge on any atom is -0.348 e. The summed E-state index contributed by atoms with van der Waals surface area (Å²) < 4.78 is 13.5. The lowest BCUT2D eigenvalue weighted by Gasteiger charge is -2.39. The van der Waals surface area contributed by atoms with Crippen LogP contribution in [0, 0.1) is 18.3 Å². The van der Waals surface area contributed by atoms with Gasteiger partial charge < -0.3 is 19.4 Å². The first-order chi connectivity index (χ1) is 16.0. The number of benzene rings is 1. The number of carbonyl (C=O) groups is 1. The van der Waals surface area contributed by atoms with E-state index in [-0.39, 0.29) is 5.91 Å². The number of anilines is 1. The van der Waals surface area contributed by atoms with E-state index < -0.39 is 11.2 Å². The van der Waals surface area contributed by atoms with Gasteiger partial charge in [0.1, 0.15) is 0 Å². The Labute approximate surface area is 193 Å². The van der Waals surface area contributed by atoms with Crippen LogP contribution >= 0.6 is 0 Å². The number of nitriles is 1. The van der Waals surface area contributed by atoms with Crippen molar-refractivity contribution in [2.45, 2.75) is 43.8 Å². The SMILES string of the molecule is Cc1ccc(-n2ccc(C(=O)Nc3ccc(C4(C#N)CCC5(CC4)OCCO5)nc3)c2)cc1. The second-order valence-electron chi connectivity index (χ2n) is 8.83. The average Bonchev–Trinajstić information content (AvgIpc) is 3.52. The molecule has 5 rings (SSSR count). The number of nitrogens with zero attached hydrogens (tertiary/aromatic N) is 3. The molecule has 168 valence electrons. The zero-order valence-electron chi connectivity index (χ0n) is 18.6. The fraction of sp³-hybridized carbons (Fsp3) is 0.346. The number of ether oxygens (including phenoxy) is 2. The molecule has 1 saturated carbocycles. The molecule has 2 fully saturated rings. The Balaban J connectivity index is 1.26. The summed E-state index contributed by atoms with van der Waals surface area (Å²) in [6, 6.07) is 16.0. The number of hydrogen-bond acceptors (Lipinski definition) is 5. The van der Waals surface area contributed by atoms with Crippen LogP contribution < -0.4 is 5.32 Å². The molecule has 0 atom stereocenters. The summed E-state index contributed by atoms with van der Waals surface area (Å²) in [5.41, 5.74) is 3.40. The van der Waals surface area contributed by atoms with E-state index in [1.165, 1.54) is 5.56 Å². The zero-order valence-corrected chi connectivity index (χ0v) is 18.6. The number of aromatic nitrogens is 2. The first kappa shape index (κ1) is 21.4.